The standard InChI is InChI=1S/C23H16I2N2O6/c24-18-10-15(12-20(23(29)30)26-22(28)16-6-2-1-3-7-16)11-19(25)21(18)33-13-14-5-4-8-17(9-14)27(31)32/h1-12H,13H2,(H,26,28)(H,29,30). The van der Waals surface area contributed by atoms with Crippen LogP contribution in [-0.2, 0) is 11.4 Å². The molecule has 0 aliphatic carbocycles. The largest absolute Gasteiger partial charge is 0.487 e. The van der Waals surface area contributed by atoms with Gasteiger partial charge in [-0.3, -0.25) is 14.9 Å². The molecule has 0 aromatic heterocycles. The molecule has 0 atom stereocenters. The summed E-state index contributed by atoms with van der Waals surface area (Å²) in [7, 11) is 0. The molecule has 0 fully saturated rings. The van der Waals surface area contributed by atoms with Crippen molar-refractivity contribution >= 4 is 68.8 Å². The van der Waals surface area contributed by atoms with Crippen molar-refractivity contribution < 1.29 is 24.4 Å². The Morgan fingerprint density at radius 1 is 1.03 bits per heavy atom. The third-order valence-electron chi connectivity index (χ3n) is 4.35. The lowest BCUT2D eigenvalue weighted by Gasteiger charge is -2.12. The lowest BCUT2D eigenvalue weighted by molar-refractivity contribution is -0.384. The molecule has 0 radical (unpaired) electrons. The molecule has 0 unspecified atom stereocenters. The van der Waals surface area contributed by atoms with Crippen LogP contribution in [0.5, 0.6) is 5.75 Å². The molecule has 0 spiro atoms. The minimum Gasteiger partial charge on any atom is -0.487 e. The van der Waals surface area contributed by atoms with E-state index in [9.17, 15) is 24.8 Å². The first-order valence-corrected chi connectivity index (χ1v) is 11.6. The maximum Gasteiger partial charge on any atom is 0.352 e. The predicted molar refractivity (Wildman–Crippen MR) is 139 cm³/mol. The van der Waals surface area contributed by atoms with Gasteiger partial charge in [0.15, 0.2) is 0 Å². The SMILES string of the molecule is O=C(O)C(=Cc1cc(I)c(OCc2cccc([N+](=O)[O-])c2)c(I)c1)NC(=O)c1ccccc1. The van der Waals surface area contributed by atoms with Gasteiger partial charge in [-0.1, -0.05) is 30.3 Å². The number of aliphatic carboxylic acids is 1. The Morgan fingerprint density at radius 2 is 1.70 bits per heavy atom. The molecule has 8 nitrogen and oxygen atoms in total. The number of nitro groups is 1. The predicted octanol–water partition coefficient (Wildman–Crippen LogP) is 5.24. The fraction of sp³-hybridized carbons (Fsp3) is 0.0435. The van der Waals surface area contributed by atoms with Gasteiger partial charge in [0.05, 0.1) is 12.1 Å². The van der Waals surface area contributed by atoms with Gasteiger partial charge in [-0.05, 0) is 86.7 Å². The zero-order valence-corrected chi connectivity index (χ0v) is 21.1. The van der Waals surface area contributed by atoms with Crippen LogP contribution in [0, 0.1) is 17.3 Å². The van der Waals surface area contributed by atoms with Gasteiger partial charge >= 0.3 is 5.97 Å². The van der Waals surface area contributed by atoms with E-state index in [-0.39, 0.29) is 18.0 Å². The number of hydrogen-bond acceptors (Lipinski definition) is 5. The summed E-state index contributed by atoms with van der Waals surface area (Å²) in [6, 6.07) is 18.0. The van der Waals surface area contributed by atoms with E-state index in [1.165, 1.54) is 18.2 Å². The first kappa shape index (κ1) is 24.6. The summed E-state index contributed by atoms with van der Waals surface area (Å²) in [5.41, 5.74) is 1.29. The van der Waals surface area contributed by atoms with Gasteiger partial charge in [0.2, 0.25) is 0 Å². The van der Waals surface area contributed by atoms with Crippen LogP contribution in [-0.4, -0.2) is 21.9 Å². The summed E-state index contributed by atoms with van der Waals surface area (Å²) in [6.07, 6.45) is 1.37. The second-order valence-corrected chi connectivity index (χ2v) is 9.04. The Bertz CT molecular complexity index is 1220. The Morgan fingerprint density at radius 3 is 2.30 bits per heavy atom. The maximum absolute atomic E-state index is 12.3. The number of rotatable bonds is 8. The monoisotopic (exact) mass is 670 g/mol. The number of carboxylic acid groups (broad SMARTS) is 1. The summed E-state index contributed by atoms with van der Waals surface area (Å²) >= 11 is 4.14. The molecule has 0 saturated carbocycles. The van der Waals surface area contributed by atoms with E-state index in [1.54, 1.807) is 54.6 Å². The van der Waals surface area contributed by atoms with Gasteiger partial charge < -0.3 is 15.2 Å². The van der Waals surface area contributed by atoms with E-state index >= 15 is 0 Å². The van der Waals surface area contributed by atoms with E-state index in [4.69, 9.17) is 4.74 Å². The number of nitrogens with one attached hydrogen (secondary N) is 1. The second kappa shape index (κ2) is 11.2. The highest BCUT2D eigenvalue weighted by atomic mass is 127. The number of carbonyl (C=O) groups excluding carboxylic acids is 1. The van der Waals surface area contributed by atoms with Crippen LogP contribution < -0.4 is 10.1 Å². The Hall–Kier alpha value is -3.00. The fourth-order valence-corrected chi connectivity index (χ4v) is 4.95. The van der Waals surface area contributed by atoms with Crippen LogP contribution in [0.3, 0.4) is 0 Å². The Labute approximate surface area is 216 Å². The molecule has 1 amide bonds. The summed E-state index contributed by atoms with van der Waals surface area (Å²) in [4.78, 5) is 34.5. The number of nitrogens with zero attached hydrogens (tertiary/aromatic N) is 1. The highest BCUT2D eigenvalue weighted by molar-refractivity contribution is 14.1. The number of amides is 1. The van der Waals surface area contributed by atoms with Crippen LogP contribution in [0.25, 0.3) is 6.08 Å². The average molecular weight is 670 g/mol. The van der Waals surface area contributed by atoms with Crippen molar-refractivity contribution in [2.24, 2.45) is 0 Å². The second-order valence-electron chi connectivity index (χ2n) is 6.71. The molecule has 3 rings (SSSR count). The molecule has 0 aliphatic rings. The number of carbonyl (C=O) groups is 2. The Balaban J connectivity index is 1.79. The third kappa shape index (κ3) is 6.74. The molecule has 3 aromatic carbocycles. The van der Waals surface area contributed by atoms with Gasteiger partial charge in [-0.2, -0.15) is 0 Å². The third-order valence-corrected chi connectivity index (χ3v) is 5.95. The van der Waals surface area contributed by atoms with Crippen LogP contribution in [0.1, 0.15) is 21.5 Å². The lowest BCUT2D eigenvalue weighted by atomic mass is 10.1. The fourth-order valence-electron chi connectivity index (χ4n) is 2.82. The van der Waals surface area contributed by atoms with Gasteiger partial charge in [0.1, 0.15) is 18.1 Å². The Kier molecular flexibility index (Phi) is 8.38. The normalized spacial score (nSPS) is 11.0. The molecule has 0 heterocycles. The minimum atomic E-state index is -1.27. The molecule has 2 N–H and O–H groups in total. The van der Waals surface area contributed by atoms with Crippen molar-refractivity contribution in [2.45, 2.75) is 6.61 Å². The van der Waals surface area contributed by atoms with Gasteiger partial charge in [-0.15, -0.1) is 0 Å². The van der Waals surface area contributed by atoms with E-state index in [2.05, 4.69) is 50.5 Å². The maximum atomic E-state index is 12.3. The van der Waals surface area contributed by atoms with Crippen LogP contribution >= 0.6 is 45.2 Å². The first-order valence-electron chi connectivity index (χ1n) is 9.41. The average Bonchev–Trinajstić information content (AvgIpc) is 2.78. The van der Waals surface area contributed by atoms with Crippen molar-refractivity contribution in [1.29, 1.82) is 0 Å². The van der Waals surface area contributed by atoms with Crippen LogP contribution in [0.2, 0.25) is 0 Å². The quantitative estimate of drug-likeness (QED) is 0.147. The van der Waals surface area contributed by atoms with Gasteiger partial charge in [-0.25, -0.2) is 4.79 Å². The first-order chi connectivity index (χ1) is 15.7. The molecule has 0 aliphatic heterocycles. The number of carboxylic acids is 1. The lowest BCUT2D eigenvalue weighted by Crippen LogP contribution is -2.27. The molecule has 3 aromatic rings. The molecule has 33 heavy (non-hydrogen) atoms. The van der Waals surface area contributed by atoms with Crippen molar-refractivity contribution in [3.05, 3.63) is 106 Å². The zero-order chi connectivity index (χ0) is 24.0. The van der Waals surface area contributed by atoms with E-state index in [0.717, 1.165) is 7.14 Å². The van der Waals surface area contributed by atoms with Crippen molar-refractivity contribution in [3.8, 4) is 5.75 Å². The molecule has 0 bridgehead atoms. The number of nitro benzene ring substituents is 1. The smallest absolute Gasteiger partial charge is 0.352 e. The van der Waals surface area contributed by atoms with E-state index in [1.807, 2.05) is 0 Å². The van der Waals surface area contributed by atoms with Crippen molar-refractivity contribution in [1.82, 2.24) is 5.32 Å². The summed E-state index contributed by atoms with van der Waals surface area (Å²) in [5, 5.41) is 22.9. The molecular formula is C23H16I2N2O6. The van der Waals surface area contributed by atoms with Crippen molar-refractivity contribution in [3.63, 3.8) is 0 Å². The zero-order valence-electron chi connectivity index (χ0n) is 16.8. The summed E-state index contributed by atoms with van der Waals surface area (Å²) < 4.78 is 7.31. The van der Waals surface area contributed by atoms with Gasteiger partial charge in [0, 0.05) is 17.7 Å². The number of benzene rings is 3. The number of non-ortho nitro benzene ring substituents is 1. The van der Waals surface area contributed by atoms with Crippen LogP contribution in [0.15, 0.2) is 72.4 Å². The summed E-state index contributed by atoms with van der Waals surface area (Å²) in [5.74, 6) is -1.22. The molecular weight excluding hydrogens is 654 g/mol. The van der Waals surface area contributed by atoms with E-state index < -0.39 is 16.8 Å². The van der Waals surface area contributed by atoms with E-state index in [0.29, 0.717) is 22.4 Å². The number of ether oxygens (including phenoxy) is 1. The minimum absolute atomic E-state index is 0.0141. The number of halogens is 2. The molecule has 10 heteroatoms. The number of hydrogen-bond donors (Lipinski definition) is 2. The van der Waals surface area contributed by atoms with Crippen molar-refractivity contribution in [2.75, 3.05) is 0 Å². The van der Waals surface area contributed by atoms with Crippen LogP contribution in [0.4, 0.5) is 5.69 Å². The highest BCUT2D eigenvalue weighted by Gasteiger charge is 2.15. The van der Waals surface area contributed by atoms with Gasteiger partial charge in [0.25, 0.3) is 11.6 Å². The topological polar surface area (TPSA) is 119 Å². The highest BCUT2D eigenvalue weighted by Crippen LogP contribution is 2.30. The summed E-state index contributed by atoms with van der Waals surface area (Å²) in [6.45, 7) is 0.135. The molecule has 168 valence electrons. The molecule has 0 saturated heterocycles.